The van der Waals surface area contributed by atoms with Crippen LogP contribution in [0, 0.1) is 5.41 Å². The van der Waals surface area contributed by atoms with E-state index in [9.17, 15) is 0 Å². The van der Waals surface area contributed by atoms with Gasteiger partial charge in [-0.05, 0) is 44.3 Å². The Kier molecular flexibility index (Phi) is 7.78. The van der Waals surface area contributed by atoms with Gasteiger partial charge < -0.3 is 4.90 Å². The van der Waals surface area contributed by atoms with Crippen molar-refractivity contribution in [3.05, 3.63) is 48.7 Å². The van der Waals surface area contributed by atoms with Gasteiger partial charge in [-0.25, -0.2) is 0 Å². The van der Waals surface area contributed by atoms with Crippen LogP contribution >= 0.6 is 0 Å². The van der Waals surface area contributed by atoms with E-state index in [1.165, 1.54) is 12.8 Å². The minimum absolute atomic E-state index is 0.106. The van der Waals surface area contributed by atoms with Crippen molar-refractivity contribution in [1.82, 2.24) is 4.90 Å². The van der Waals surface area contributed by atoms with E-state index >= 15 is 0 Å². The average molecular weight is 290 g/mol. The van der Waals surface area contributed by atoms with Crippen LogP contribution in [0.4, 0.5) is 0 Å². The van der Waals surface area contributed by atoms with Gasteiger partial charge in [-0.1, -0.05) is 65.5 Å². The molecule has 0 heterocycles. The third-order valence-corrected chi connectivity index (χ3v) is 3.55. The number of hydrogen-bond acceptors (Lipinski definition) is 1. The first-order chi connectivity index (χ1) is 9.50. The highest BCUT2D eigenvalue weighted by Gasteiger charge is 2.20. The van der Waals surface area contributed by atoms with Gasteiger partial charge in [0.25, 0.3) is 0 Å². The topological polar surface area (TPSA) is 3.24 Å². The lowest BCUT2D eigenvalue weighted by Gasteiger charge is -2.38. The second-order valence-corrected chi connectivity index (χ2v) is 7.66. The van der Waals surface area contributed by atoms with E-state index in [1.54, 1.807) is 0 Å². The third-order valence-electron chi connectivity index (χ3n) is 3.55. The molecule has 0 saturated carbocycles. The van der Waals surface area contributed by atoms with Crippen LogP contribution in [-0.2, 0) is 0 Å². The van der Waals surface area contributed by atoms with Crippen molar-refractivity contribution >= 4 is 0 Å². The summed E-state index contributed by atoms with van der Waals surface area (Å²) >= 11 is 0. The Morgan fingerprint density at radius 2 is 1.48 bits per heavy atom. The van der Waals surface area contributed by atoms with Gasteiger partial charge in [-0.3, -0.25) is 0 Å². The van der Waals surface area contributed by atoms with Crippen molar-refractivity contribution in [2.45, 2.75) is 66.8 Å². The number of allylic oxidation sites excluding steroid dienone is 5. The molecule has 21 heavy (non-hydrogen) atoms. The Bertz CT molecular complexity index is 397. The van der Waals surface area contributed by atoms with E-state index in [0.717, 1.165) is 17.8 Å². The van der Waals surface area contributed by atoms with E-state index < -0.39 is 0 Å². The SMILES string of the molecule is C=C(/C=C\C=C/C(=C)C(C)(C)C)N(CCCC)C(C)(C)C. The zero-order valence-corrected chi connectivity index (χ0v) is 15.3. The lowest BCUT2D eigenvalue weighted by atomic mass is 9.87. The molecule has 0 aromatic carbocycles. The fourth-order valence-electron chi connectivity index (χ4n) is 1.90. The smallest absolute Gasteiger partial charge is 0.0317 e. The Hall–Kier alpha value is -1.24. The van der Waals surface area contributed by atoms with Crippen LogP contribution in [0.2, 0.25) is 0 Å². The number of unbranched alkanes of at least 4 members (excludes halogenated alkanes) is 1. The van der Waals surface area contributed by atoms with Crippen LogP contribution in [0.3, 0.4) is 0 Å². The number of hydrogen-bond donors (Lipinski definition) is 0. The molecule has 1 nitrogen and oxygen atoms in total. The molecule has 0 rings (SSSR count). The maximum atomic E-state index is 4.22. The Balaban J connectivity index is 4.73. The van der Waals surface area contributed by atoms with Gasteiger partial charge in [-0.2, -0.15) is 0 Å². The lowest BCUT2D eigenvalue weighted by molar-refractivity contribution is 0.190. The molecule has 0 radical (unpaired) electrons. The summed E-state index contributed by atoms with van der Waals surface area (Å²) in [4.78, 5) is 2.37. The van der Waals surface area contributed by atoms with Crippen molar-refractivity contribution in [2.75, 3.05) is 6.54 Å². The molecule has 0 aliphatic heterocycles. The highest BCUT2D eigenvalue weighted by Crippen LogP contribution is 2.24. The molecular formula is C20H35N. The fraction of sp³-hybridized carbons (Fsp3) is 0.600. The summed E-state index contributed by atoms with van der Waals surface area (Å²) in [5.41, 5.74) is 2.44. The predicted octanol–water partition coefficient (Wildman–Crippen LogP) is 6.12. The van der Waals surface area contributed by atoms with Crippen molar-refractivity contribution in [2.24, 2.45) is 5.41 Å². The van der Waals surface area contributed by atoms with E-state index in [4.69, 9.17) is 0 Å². The molecule has 0 bridgehead atoms. The van der Waals surface area contributed by atoms with Crippen LogP contribution in [0.15, 0.2) is 48.7 Å². The summed E-state index contributed by atoms with van der Waals surface area (Å²) in [6.45, 7) is 24.8. The van der Waals surface area contributed by atoms with E-state index in [0.29, 0.717) is 0 Å². The first-order valence-electron chi connectivity index (χ1n) is 8.01. The van der Waals surface area contributed by atoms with Gasteiger partial charge >= 0.3 is 0 Å². The molecule has 1 heteroatoms. The molecule has 0 spiro atoms. The van der Waals surface area contributed by atoms with E-state index in [2.05, 4.69) is 90.8 Å². The van der Waals surface area contributed by atoms with Crippen molar-refractivity contribution in [3.63, 3.8) is 0 Å². The van der Waals surface area contributed by atoms with Crippen molar-refractivity contribution < 1.29 is 0 Å². The predicted molar refractivity (Wildman–Crippen MR) is 97.4 cm³/mol. The second kappa shape index (κ2) is 8.26. The van der Waals surface area contributed by atoms with Crippen molar-refractivity contribution in [1.29, 1.82) is 0 Å². The molecule has 0 saturated heterocycles. The Morgan fingerprint density at radius 1 is 0.952 bits per heavy atom. The summed E-state index contributed by atoms with van der Waals surface area (Å²) in [7, 11) is 0. The highest BCUT2D eigenvalue weighted by molar-refractivity contribution is 5.27. The van der Waals surface area contributed by atoms with Crippen LogP contribution in [-0.4, -0.2) is 17.0 Å². The maximum absolute atomic E-state index is 4.22. The lowest BCUT2D eigenvalue weighted by Crippen LogP contribution is -2.40. The molecule has 0 atom stereocenters. The van der Waals surface area contributed by atoms with E-state index in [1.807, 2.05) is 0 Å². The number of rotatable bonds is 7. The zero-order valence-electron chi connectivity index (χ0n) is 15.3. The molecule has 120 valence electrons. The molecule has 0 aliphatic carbocycles. The molecule has 0 N–H and O–H groups in total. The third kappa shape index (κ3) is 7.94. The normalized spacial score (nSPS) is 13.1. The van der Waals surface area contributed by atoms with E-state index in [-0.39, 0.29) is 11.0 Å². The second-order valence-electron chi connectivity index (χ2n) is 7.66. The van der Waals surface area contributed by atoms with Crippen LogP contribution in [0.25, 0.3) is 0 Å². The van der Waals surface area contributed by atoms with Crippen LogP contribution in [0.1, 0.15) is 61.3 Å². The van der Waals surface area contributed by atoms with Crippen LogP contribution in [0.5, 0.6) is 0 Å². The highest BCUT2D eigenvalue weighted by atomic mass is 15.2. The monoisotopic (exact) mass is 289 g/mol. The average Bonchev–Trinajstić information content (AvgIpc) is 2.31. The first-order valence-corrected chi connectivity index (χ1v) is 8.01. The molecule has 0 aromatic heterocycles. The quantitative estimate of drug-likeness (QED) is 0.511. The molecule has 0 amide bonds. The van der Waals surface area contributed by atoms with Gasteiger partial charge in [0, 0.05) is 17.8 Å². The fourth-order valence-corrected chi connectivity index (χ4v) is 1.90. The van der Waals surface area contributed by atoms with Gasteiger partial charge in [0.1, 0.15) is 0 Å². The molecular weight excluding hydrogens is 254 g/mol. The minimum Gasteiger partial charge on any atom is -0.367 e. The number of nitrogens with zero attached hydrogens (tertiary/aromatic N) is 1. The van der Waals surface area contributed by atoms with Gasteiger partial charge in [0.2, 0.25) is 0 Å². The molecule has 0 aromatic rings. The first kappa shape index (κ1) is 19.8. The summed E-state index contributed by atoms with van der Waals surface area (Å²) in [6.07, 6.45) is 10.7. The van der Waals surface area contributed by atoms with Gasteiger partial charge in [-0.15, -0.1) is 0 Å². The Labute approximate surface area is 133 Å². The maximum Gasteiger partial charge on any atom is 0.0317 e. The van der Waals surface area contributed by atoms with Gasteiger partial charge in [0.05, 0.1) is 0 Å². The standard InChI is InChI=1S/C20H35N/c1-10-11-16-21(20(7,8)9)18(3)15-13-12-14-17(2)19(4,5)6/h12-15H,2-3,10-11,16H2,1,4-9H3/b14-12-,15-13-. The zero-order chi connectivity index (χ0) is 16.7. The Morgan fingerprint density at radius 3 is 1.90 bits per heavy atom. The largest absolute Gasteiger partial charge is 0.367 e. The summed E-state index contributed by atoms with van der Waals surface area (Å²) in [6, 6.07) is 0. The summed E-state index contributed by atoms with van der Waals surface area (Å²) in [5, 5.41) is 0. The van der Waals surface area contributed by atoms with Crippen LogP contribution < -0.4 is 0 Å². The summed E-state index contributed by atoms with van der Waals surface area (Å²) in [5.74, 6) is 0. The molecule has 0 fully saturated rings. The summed E-state index contributed by atoms with van der Waals surface area (Å²) < 4.78 is 0. The molecule has 0 unspecified atom stereocenters. The molecule has 0 aliphatic rings. The van der Waals surface area contributed by atoms with Gasteiger partial charge in [0.15, 0.2) is 0 Å². The minimum atomic E-state index is 0.106. The van der Waals surface area contributed by atoms with Crippen molar-refractivity contribution in [3.8, 4) is 0 Å².